The van der Waals surface area contributed by atoms with Crippen molar-refractivity contribution < 1.29 is 13.2 Å². The minimum absolute atomic E-state index is 0.637. The van der Waals surface area contributed by atoms with Gasteiger partial charge in [0.25, 0.3) is 0 Å². The van der Waals surface area contributed by atoms with E-state index >= 15 is 0 Å². The van der Waals surface area contributed by atoms with Gasteiger partial charge in [-0.3, -0.25) is 0 Å². The molecule has 1 saturated heterocycles. The molecule has 2 aromatic rings. The number of hydrogen-bond acceptors (Lipinski definition) is 3. The van der Waals surface area contributed by atoms with Crippen molar-refractivity contribution in [3.8, 4) is 0 Å². The number of rotatable bonds is 4. The first kappa shape index (κ1) is 16.2. The van der Waals surface area contributed by atoms with E-state index in [4.69, 9.17) is 0 Å². The number of benzene rings is 2. The molecule has 23 heavy (non-hydrogen) atoms. The van der Waals surface area contributed by atoms with Gasteiger partial charge in [-0.15, -0.1) is 0 Å². The normalized spacial score (nSPS) is 15.8. The average molecular weight is 338 g/mol. The first-order valence-electron chi connectivity index (χ1n) is 7.48. The van der Waals surface area contributed by atoms with Crippen molar-refractivity contribution in [1.82, 2.24) is 4.31 Å². The van der Waals surface area contributed by atoms with Gasteiger partial charge >= 0.3 is 6.18 Å². The molecule has 6 heteroatoms. The summed E-state index contributed by atoms with van der Waals surface area (Å²) in [4.78, 5) is 1.17. The van der Waals surface area contributed by atoms with Crippen LogP contribution in [0.5, 0.6) is 0 Å². The van der Waals surface area contributed by atoms with Gasteiger partial charge in [-0.2, -0.15) is 13.2 Å². The summed E-state index contributed by atoms with van der Waals surface area (Å²) in [6.07, 6.45) is -1.80. The number of alkyl halides is 3. The molecule has 0 aromatic heterocycles. The van der Waals surface area contributed by atoms with Crippen LogP contribution in [-0.4, -0.2) is 17.4 Å². The van der Waals surface area contributed by atoms with Crippen molar-refractivity contribution in [3.05, 3.63) is 54.1 Å². The number of anilines is 2. The fourth-order valence-corrected chi connectivity index (χ4v) is 3.43. The molecule has 0 bridgehead atoms. The molecule has 1 aliphatic rings. The predicted octanol–water partition coefficient (Wildman–Crippen LogP) is 5.55. The molecule has 0 spiro atoms. The third kappa shape index (κ3) is 4.42. The van der Waals surface area contributed by atoms with Crippen LogP contribution in [0.25, 0.3) is 0 Å². The van der Waals surface area contributed by atoms with Crippen LogP contribution in [0.3, 0.4) is 0 Å². The Morgan fingerprint density at radius 2 is 1.35 bits per heavy atom. The minimum atomic E-state index is -4.30. The van der Waals surface area contributed by atoms with Gasteiger partial charge in [0.1, 0.15) is 0 Å². The molecule has 0 atom stereocenters. The molecule has 0 aliphatic carbocycles. The average Bonchev–Trinajstić information content (AvgIpc) is 3.02. The van der Waals surface area contributed by atoms with E-state index in [0.29, 0.717) is 5.69 Å². The Morgan fingerprint density at radius 1 is 0.826 bits per heavy atom. The summed E-state index contributed by atoms with van der Waals surface area (Å²) in [5, 5.41) is 3.11. The van der Waals surface area contributed by atoms with E-state index in [1.165, 1.54) is 29.9 Å². The van der Waals surface area contributed by atoms with E-state index < -0.39 is 11.7 Å². The zero-order valence-electron chi connectivity index (χ0n) is 12.4. The summed E-state index contributed by atoms with van der Waals surface area (Å²) < 4.78 is 39.9. The van der Waals surface area contributed by atoms with Crippen LogP contribution in [0.1, 0.15) is 18.4 Å². The van der Waals surface area contributed by atoms with E-state index in [2.05, 4.69) is 9.62 Å². The van der Waals surface area contributed by atoms with E-state index in [9.17, 15) is 13.2 Å². The second-order valence-electron chi connectivity index (χ2n) is 5.45. The number of nitrogens with zero attached hydrogens (tertiary/aromatic N) is 1. The number of hydrogen-bond donors (Lipinski definition) is 1. The molecule has 1 fully saturated rings. The number of nitrogens with one attached hydrogen (secondary N) is 1. The molecule has 0 radical (unpaired) electrons. The standard InChI is InChI=1S/C17H17F3N2S/c18-17(19,20)13-3-5-14(6-4-13)21-15-7-9-16(10-8-15)23-22-11-1-2-12-22/h3-10,21H,1-2,11-12H2. The van der Waals surface area contributed by atoms with Crippen molar-refractivity contribution in [2.24, 2.45) is 0 Å². The van der Waals surface area contributed by atoms with Gasteiger partial charge in [0.15, 0.2) is 0 Å². The molecule has 2 aromatic carbocycles. The van der Waals surface area contributed by atoms with Gasteiger partial charge in [0.2, 0.25) is 0 Å². The van der Waals surface area contributed by atoms with Gasteiger partial charge in [0.05, 0.1) is 5.56 Å². The predicted molar refractivity (Wildman–Crippen MR) is 87.8 cm³/mol. The Labute approximate surface area is 137 Å². The summed E-state index contributed by atoms with van der Waals surface area (Å²) in [5.41, 5.74) is 0.855. The molecule has 3 rings (SSSR count). The summed E-state index contributed by atoms with van der Waals surface area (Å²) in [5.74, 6) is 0. The minimum Gasteiger partial charge on any atom is -0.356 e. The van der Waals surface area contributed by atoms with Gasteiger partial charge in [0, 0.05) is 29.4 Å². The monoisotopic (exact) mass is 338 g/mol. The Balaban J connectivity index is 1.61. The first-order valence-corrected chi connectivity index (χ1v) is 8.25. The highest BCUT2D eigenvalue weighted by Crippen LogP contribution is 2.31. The van der Waals surface area contributed by atoms with Crippen LogP contribution in [0.2, 0.25) is 0 Å². The lowest BCUT2D eigenvalue weighted by Crippen LogP contribution is -2.08. The Kier molecular flexibility index (Phi) is 4.82. The highest BCUT2D eigenvalue weighted by Gasteiger charge is 2.29. The van der Waals surface area contributed by atoms with Crippen molar-refractivity contribution >= 4 is 23.3 Å². The van der Waals surface area contributed by atoms with Crippen LogP contribution in [0.4, 0.5) is 24.5 Å². The molecular weight excluding hydrogens is 321 g/mol. The largest absolute Gasteiger partial charge is 0.416 e. The smallest absolute Gasteiger partial charge is 0.356 e. The molecule has 1 N–H and O–H groups in total. The zero-order valence-corrected chi connectivity index (χ0v) is 13.3. The van der Waals surface area contributed by atoms with Crippen molar-refractivity contribution in [3.63, 3.8) is 0 Å². The van der Waals surface area contributed by atoms with Crippen molar-refractivity contribution in [1.29, 1.82) is 0 Å². The van der Waals surface area contributed by atoms with Crippen LogP contribution < -0.4 is 5.32 Å². The lowest BCUT2D eigenvalue weighted by atomic mass is 10.2. The topological polar surface area (TPSA) is 15.3 Å². The van der Waals surface area contributed by atoms with Gasteiger partial charge in [-0.05, 0) is 73.3 Å². The van der Waals surface area contributed by atoms with Crippen LogP contribution in [0.15, 0.2) is 53.4 Å². The second kappa shape index (κ2) is 6.84. The van der Waals surface area contributed by atoms with E-state index in [1.54, 1.807) is 11.9 Å². The quantitative estimate of drug-likeness (QED) is 0.736. The van der Waals surface area contributed by atoms with Crippen LogP contribution >= 0.6 is 11.9 Å². The maximum atomic E-state index is 12.5. The van der Waals surface area contributed by atoms with Crippen LogP contribution in [0, 0.1) is 0 Å². The third-order valence-electron chi connectivity index (χ3n) is 3.65. The summed E-state index contributed by atoms with van der Waals surface area (Å²) in [6, 6.07) is 13.0. The SMILES string of the molecule is FC(F)(F)c1ccc(Nc2ccc(SN3CCCC3)cc2)cc1. The summed E-state index contributed by atoms with van der Waals surface area (Å²) in [6.45, 7) is 2.24. The van der Waals surface area contributed by atoms with Crippen LogP contribution in [-0.2, 0) is 6.18 Å². The Hall–Kier alpha value is -1.66. The molecule has 1 heterocycles. The van der Waals surface area contributed by atoms with E-state index in [1.807, 2.05) is 24.3 Å². The molecule has 122 valence electrons. The second-order valence-corrected chi connectivity index (χ2v) is 6.62. The third-order valence-corrected chi connectivity index (χ3v) is 4.76. The van der Waals surface area contributed by atoms with Crippen molar-refractivity contribution in [2.75, 3.05) is 18.4 Å². The fraction of sp³-hybridized carbons (Fsp3) is 0.294. The molecular formula is C17H17F3N2S. The Morgan fingerprint density at radius 3 is 1.87 bits per heavy atom. The highest BCUT2D eigenvalue weighted by molar-refractivity contribution is 7.97. The molecule has 0 amide bonds. The first-order chi connectivity index (χ1) is 11.0. The van der Waals surface area contributed by atoms with Gasteiger partial charge < -0.3 is 5.32 Å². The van der Waals surface area contributed by atoms with E-state index in [0.717, 1.165) is 30.9 Å². The molecule has 0 saturated carbocycles. The summed E-state index contributed by atoms with van der Waals surface area (Å²) in [7, 11) is 0. The maximum Gasteiger partial charge on any atom is 0.416 e. The number of halogens is 3. The lowest BCUT2D eigenvalue weighted by Gasteiger charge is -2.14. The fourth-order valence-electron chi connectivity index (χ4n) is 2.44. The molecule has 2 nitrogen and oxygen atoms in total. The van der Waals surface area contributed by atoms with Gasteiger partial charge in [-0.25, -0.2) is 4.31 Å². The molecule has 1 aliphatic heterocycles. The lowest BCUT2D eigenvalue weighted by molar-refractivity contribution is -0.137. The van der Waals surface area contributed by atoms with Crippen molar-refractivity contribution in [2.45, 2.75) is 23.9 Å². The molecule has 0 unspecified atom stereocenters. The summed E-state index contributed by atoms with van der Waals surface area (Å²) >= 11 is 1.75. The van der Waals surface area contributed by atoms with Gasteiger partial charge in [-0.1, -0.05) is 0 Å². The maximum absolute atomic E-state index is 12.5. The van der Waals surface area contributed by atoms with E-state index in [-0.39, 0.29) is 0 Å². The Bertz CT molecular complexity index is 632. The zero-order chi connectivity index (χ0) is 16.3. The highest BCUT2D eigenvalue weighted by atomic mass is 32.2.